The van der Waals surface area contributed by atoms with Crippen LogP contribution in [0.5, 0.6) is 0 Å². The summed E-state index contributed by atoms with van der Waals surface area (Å²) in [5.41, 5.74) is 5.88. The van der Waals surface area contributed by atoms with E-state index in [0.717, 1.165) is 33.2 Å². The van der Waals surface area contributed by atoms with Gasteiger partial charge in [0.1, 0.15) is 0 Å². The average molecular weight is 410 g/mol. The average Bonchev–Trinajstić information content (AvgIpc) is 3.21. The molecule has 154 valence electrons. The first kappa shape index (κ1) is 18.0. The quantitative estimate of drug-likeness (QED) is 0.393. The van der Waals surface area contributed by atoms with Gasteiger partial charge in [-0.1, -0.05) is 48.5 Å². The number of fused-ring (bicyclic) bond motifs is 11. The van der Waals surface area contributed by atoms with E-state index in [0.29, 0.717) is 32.6 Å². The number of para-hydroxylation sites is 4. The molecular weight excluding hydrogens is 388 g/mol. The lowest BCUT2D eigenvalue weighted by Gasteiger charge is -2.11. The minimum Gasteiger partial charge on any atom is -0.292 e. The highest BCUT2D eigenvalue weighted by Gasteiger charge is 2.18. The third kappa shape index (κ3) is 2.71. The van der Waals surface area contributed by atoms with E-state index in [4.69, 9.17) is 0 Å². The van der Waals surface area contributed by atoms with Crippen molar-refractivity contribution in [1.82, 2.24) is 18.3 Å². The first-order valence-corrected chi connectivity index (χ1v) is 10.7. The molecule has 4 bridgehead atoms. The second-order valence-electron chi connectivity index (χ2n) is 8.14. The molecule has 0 atom stereocenters. The predicted molar refractivity (Wildman–Crippen MR) is 122 cm³/mol. The van der Waals surface area contributed by atoms with Crippen molar-refractivity contribution in [1.29, 1.82) is 0 Å². The van der Waals surface area contributed by atoms with Crippen LogP contribution in [0.4, 0.5) is 0 Å². The Morgan fingerprint density at radius 1 is 0.484 bits per heavy atom. The van der Waals surface area contributed by atoms with Gasteiger partial charge in [0.25, 0.3) is 0 Å². The number of benzene rings is 3. The van der Waals surface area contributed by atoms with Crippen LogP contribution in [0.1, 0.15) is 17.5 Å². The molecule has 0 fully saturated rings. The Morgan fingerprint density at radius 2 is 0.839 bits per heavy atom. The molecule has 6 nitrogen and oxygen atoms in total. The van der Waals surface area contributed by atoms with E-state index in [2.05, 4.69) is 12.1 Å². The maximum atomic E-state index is 13.4. The van der Waals surface area contributed by atoms with Crippen LogP contribution in [-0.4, -0.2) is 18.3 Å². The summed E-state index contributed by atoms with van der Waals surface area (Å²) in [6, 6.07) is 24.0. The van der Waals surface area contributed by atoms with Crippen molar-refractivity contribution in [3.63, 3.8) is 0 Å². The van der Waals surface area contributed by atoms with E-state index in [1.165, 1.54) is 0 Å². The van der Waals surface area contributed by atoms with Gasteiger partial charge in [0.15, 0.2) is 0 Å². The lowest BCUT2D eigenvalue weighted by atomic mass is 10.1. The van der Waals surface area contributed by atoms with Gasteiger partial charge < -0.3 is 0 Å². The van der Waals surface area contributed by atoms with E-state index in [1.807, 2.05) is 78.9 Å². The van der Waals surface area contributed by atoms with Gasteiger partial charge in [0, 0.05) is 13.1 Å². The molecule has 0 unspecified atom stereocenters. The Hall–Kier alpha value is -3.80. The molecule has 3 aromatic carbocycles. The molecule has 0 amide bonds. The van der Waals surface area contributed by atoms with Crippen LogP contribution >= 0.6 is 0 Å². The smallest absolute Gasteiger partial charge is 0.292 e. The molecular formula is C25H22N4O2. The zero-order valence-electron chi connectivity index (χ0n) is 17.1. The second-order valence-corrected chi connectivity index (χ2v) is 8.14. The van der Waals surface area contributed by atoms with Crippen molar-refractivity contribution >= 4 is 22.1 Å². The van der Waals surface area contributed by atoms with Crippen LogP contribution in [0, 0.1) is 0 Å². The molecule has 1 aliphatic heterocycles. The molecule has 2 aromatic heterocycles. The fraction of sp³-hybridized carbons (Fsp3) is 0.200. The number of hydrogen-bond donors (Lipinski definition) is 0. The lowest BCUT2D eigenvalue weighted by molar-refractivity contribution is 0.546. The summed E-state index contributed by atoms with van der Waals surface area (Å²) >= 11 is 0. The fourth-order valence-corrected chi connectivity index (χ4v) is 4.88. The fourth-order valence-electron chi connectivity index (χ4n) is 4.88. The van der Waals surface area contributed by atoms with Crippen molar-refractivity contribution in [2.75, 3.05) is 0 Å². The van der Waals surface area contributed by atoms with E-state index < -0.39 is 0 Å². The summed E-state index contributed by atoms with van der Waals surface area (Å²) < 4.78 is 7.41. The number of imidazole rings is 2. The Kier molecular flexibility index (Phi) is 3.99. The number of aromatic nitrogens is 4. The van der Waals surface area contributed by atoms with Crippen LogP contribution in [0.15, 0.2) is 82.4 Å². The normalized spacial score (nSPS) is 14.1. The van der Waals surface area contributed by atoms with Gasteiger partial charge in [-0.05, 0) is 41.8 Å². The first-order valence-electron chi connectivity index (χ1n) is 10.7. The maximum absolute atomic E-state index is 13.4. The standard InChI is InChI=1S/C25H22N4O2/c30-24-26-14-7-15-27-21-11-4-6-13-23(21)29(25(27)31)17-19-9-2-1-8-18(19)16-28(24)22-12-5-3-10-20(22)26/h1-6,8-13H,7,14-17H2. The molecule has 1 aliphatic rings. The highest BCUT2D eigenvalue weighted by molar-refractivity contribution is 5.77. The van der Waals surface area contributed by atoms with Crippen LogP contribution in [0.25, 0.3) is 22.1 Å². The van der Waals surface area contributed by atoms with Crippen molar-refractivity contribution in [2.45, 2.75) is 32.6 Å². The van der Waals surface area contributed by atoms with Crippen molar-refractivity contribution in [2.24, 2.45) is 0 Å². The van der Waals surface area contributed by atoms with Crippen LogP contribution in [0.2, 0.25) is 0 Å². The van der Waals surface area contributed by atoms with E-state index in [-0.39, 0.29) is 11.4 Å². The van der Waals surface area contributed by atoms with Gasteiger partial charge in [-0.15, -0.1) is 0 Å². The van der Waals surface area contributed by atoms with E-state index >= 15 is 0 Å². The Labute approximate surface area is 178 Å². The molecule has 0 spiro atoms. The zero-order valence-corrected chi connectivity index (χ0v) is 17.1. The van der Waals surface area contributed by atoms with Crippen molar-refractivity contribution in [3.8, 4) is 0 Å². The molecule has 0 saturated heterocycles. The van der Waals surface area contributed by atoms with Gasteiger partial charge in [-0.3, -0.25) is 18.3 Å². The van der Waals surface area contributed by atoms with Gasteiger partial charge in [-0.25, -0.2) is 9.59 Å². The number of rotatable bonds is 0. The second kappa shape index (κ2) is 6.87. The van der Waals surface area contributed by atoms with Crippen molar-refractivity contribution in [3.05, 3.63) is 105 Å². The predicted octanol–water partition coefficient (Wildman–Crippen LogP) is 3.42. The van der Waals surface area contributed by atoms with E-state index in [1.54, 1.807) is 0 Å². The number of nitrogens with zero attached hydrogens (tertiary/aromatic N) is 4. The Morgan fingerprint density at radius 3 is 1.26 bits per heavy atom. The van der Waals surface area contributed by atoms with Gasteiger partial charge >= 0.3 is 11.4 Å². The molecule has 0 aliphatic carbocycles. The summed E-state index contributed by atoms with van der Waals surface area (Å²) in [7, 11) is 0. The molecule has 6 heteroatoms. The van der Waals surface area contributed by atoms with Crippen LogP contribution < -0.4 is 11.4 Å². The summed E-state index contributed by atoms with van der Waals surface area (Å²) in [5, 5.41) is 0. The van der Waals surface area contributed by atoms with Crippen LogP contribution in [0.3, 0.4) is 0 Å². The Bertz CT molecular complexity index is 1450. The molecule has 5 aromatic rings. The van der Waals surface area contributed by atoms with Gasteiger partial charge in [0.05, 0.1) is 35.2 Å². The maximum Gasteiger partial charge on any atom is 0.329 e. The SMILES string of the molecule is O=c1n2c3ccccc3n1Cc1ccccc1Cn1c(=O)n(c3ccccc31)CCC2. The molecule has 0 radical (unpaired) electrons. The monoisotopic (exact) mass is 410 g/mol. The molecule has 31 heavy (non-hydrogen) atoms. The highest BCUT2D eigenvalue weighted by Crippen LogP contribution is 2.21. The topological polar surface area (TPSA) is 53.9 Å². The summed E-state index contributed by atoms with van der Waals surface area (Å²) in [6.45, 7) is 2.10. The first-order chi connectivity index (χ1) is 15.2. The lowest BCUT2D eigenvalue weighted by Crippen LogP contribution is -2.26. The number of hydrogen-bond acceptors (Lipinski definition) is 2. The third-order valence-electron chi connectivity index (χ3n) is 6.39. The minimum atomic E-state index is 0.00226. The largest absolute Gasteiger partial charge is 0.329 e. The molecule has 0 saturated carbocycles. The molecule has 3 heterocycles. The van der Waals surface area contributed by atoms with Gasteiger partial charge in [-0.2, -0.15) is 0 Å². The van der Waals surface area contributed by atoms with Crippen molar-refractivity contribution < 1.29 is 0 Å². The summed E-state index contributed by atoms with van der Waals surface area (Å²) in [6.07, 6.45) is 0.703. The zero-order chi connectivity index (χ0) is 20.9. The number of aryl methyl sites for hydroxylation is 2. The van der Waals surface area contributed by atoms with E-state index in [9.17, 15) is 9.59 Å². The highest BCUT2D eigenvalue weighted by atomic mass is 16.2. The summed E-state index contributed by atoms with van der Waals surface area (Å²) in [4.78, 5) is 26.7. The Balaban J connectivity index is 1.62. The molecule has 6 rings (SSSR count). The molecule has 0 N–H and O–H groups in total. The summed E-state index contributed by atoms with van der Waals surface area (Å²) in [5.74, 6) is 0. The van der Waals surface area contributed by atoms with Gasteiger partial charge in [0.2, 0.25) is 0 Å². The third-order valence-corrected chi connectivity index (χ3v) is 6.39. The minimum absolute atomic E-state index is 0.00226. The van der Waals surface area contributed by atoms with Crippen LogP contribution in [-0.2, 0) is 26.2 Å².